The Kier molecular flexibility index (Phi) is 12.5. The largest absolute Gasteiger partial charge is 0.507 e. The molecule has 1 aliphatic carbocycles. The van der Waals surface area contributed by atoms with Crippen molar-refractivity contribution < 1.29 is 10.2 Å². The first kappa shape index (κ1) is 29.4. The number of aliphatic imine (C=N–C) groups is 2. The normalized spacial score (nSPS) is 18.4. The number of rotatable bonds is 12. The van der Waals surface area contributed by atoms with Gasteiger partial charge in [-0.3, -0.25) is 9.98 Å². The van der Waals surface area contributed by atoms with Crippen molar-refractivity contribution in [2.75, 3.05) is 8.86 Å². The summed E-state index contributed by atoms with van der Waals surface area (Å²) < 4.78 is 2.35. The second-order valence-electron chi connectivity index (χ2n) is 9.97. The van der Waals surface area contributed by atoms with Gasteiger partial charge in [0.1, 0.15) is 11.5 Å². The maximum atomic E-state index is 10.7. The van der Waals surface area contributed by atoms with Gasteiger partial charge in [0.2, 0.25) is 0 Å². The van der Waals surface area contributed by atoms with Gasteiger partial charge >= 0.3 is 0 Å². The Bertz CT molecular complexity index is 968. The summed E-state index contributed by atoms with van der Waals surface area (Å²) in [5.74, 6) is 0.652. The molecule has 0 heterocycles. The van der Waals surface area contributed by atoms with Crippen LogP contribution in [-0.4, -0.2) is 43.6 Å². The summed E-state index contributed by atoms with van der Waals surface area (Å²) in [6.45, 7) is 3.93. The van der Waals surface area contributed by atoms with Crippen LogP contribution >= 0.6 is 45.2 Å². The van der Waals surface area contributed by atoms with Gasteiger partial charge in [-0.1, -0.05) is 70.2 Å². The Labute approximate surface area is 244 Å². The second kappa shape index (κ2) is 15.3. The lowest BCUT2D eigenvalue weighted by molar-refractivity contribution is 0.390. The van der Waals surface area contributed by atoms with E-state index in [2.05, 4.69) is 69.4 Å². The van der Waals surface area contributed by atoms with Crippen LogP contribution in [0.5, 0.6) is 11.5 Å². The molecular formula is C30H40I2N2O2. The van der Waals surface area contributed by atoms with E-state index >= 15 is 0 Å². The minimum Gasteiger partial charge on any atom is -0.507 e. The van der Waals surface area contributed by atoms with E-state index in [4.69, 9.17) is 9.98 Å². The third kappa shape index (κ3) is 8.71. The molecule has 2 aromatic carbocycles. The SMILES string of the molecule is Cc1cc(CCCCI)cc(C=NC2CCCCC2N=Cc2cc(CCCCI)cc(C)c2O)c1O. The first-order chi connectivity index (χ1) is 17.4. The topological polar surface area (TPSA) is 65.2 Å². The number of hydrogen-bond acceptors (Lipinski definition) is 4. The fraction of sp³-hybridized carbons (Fsp3) is 0.533. The van der Waals surface area contributed by atoms with Crippen molar-refractivity contribution in [2.24, 2.45) is 9.98 Å². The van der Waals surface area contributed by atoms with E-state index in [1.165, 1.54) is 32.8 Å². The van der Waals surface area contributed by atoms with Gasteiger partial charge in [0.25, 0.3) is 0 Å². The fourth-order valence-corrected chi connectivity index (χ4v) is 5.97. The molecule has 0 aromatic heterocycles. The van der Waals surface area contributed by atoms with Crippen LogP contribution in [0.2, 0.25) is 0 Å². The second-order valence-corrected chi connectivity index (χ2v) is 12.1. The first-order valence-corrected chi connectivity index (χ1v) is 16.3. The van der Waals surface area contributed by atoms with Crippen molar-refractivity contribution in [1.29, 1.82) is 0 Å². The number of benzene rings is 2. The van der Waals surface area contributed by atoms with E-state index in [0.717, 1.165) is 73.6 Å². The molecule has 3 rings (SSSR count). The average molecular weight is 714 g/mol. The number of aromatic hydroxyl groups is 2. The van der Waals surface area contributed by atoms with Gasteiger partial charge in [0.15, 0.2) is 0 Å². The van der Waals surface area contributed by atoms with Crippen LogP contribution in [0.25, 0.3) is 0 Å². The maximum Gasteiger partial charge on any atom is 0.127 e. The van der Waals surface area contributed by atoms with Gasteiger partial charge in [-0.05, 0) is 108 Å². The van der Waals surface area contributed by atoms with Gasteiger partial charge in [-0.2, -0.15) is 0 Å². The lowest BCUT2D eigenvalue weighted by Crippen LogP contribution is -2.27. The van der Waals surface area contributed by atoms with Crippen LogP contribution in [0.4, 0.5) is 0 Å². The van der Waals surface area contributed by atoms with E-state index < -0.39 is 0 Å². The molecule has 6 heteroatoms. The number of hydrogen-bond donors (Lipinski definition) is 2. The van der Waals surface area contributed by atoms with Crippen molar-refractivity contribution in [3.63, 3.8) is 0 Å². The first-order valence-electron chi connectivity index (χ1n) is 13.3. The Morgan fingerprint density at radius 2 is 1.14 bits per heavy atom. The molecule has 0 radical (unpaired) electrons. The summed E-state index contributed by atoms with van der Waals surface area (Å²) in [6, 6.07) is 8.55. The molecule has 1 fully saturated rings. The zero-order chi connectivity index (χ0) is 25.9. The number of unbranched alkanes of at least 4 members (excludes halogenated alkanes) is 2. The molecule has 36 heavy (non-hydrogen) atoms. The smallest absolute Gasteiger partial charge is 0.127 e. The lowest BCUT2D eigenvalue weighted by atomic mass is 9.91. The molecule has 2 atom stereocenters. The van der Waals surface area contributed by atoms with Crippen LogP contribution in [0.15, 0.2) is 34.3 Å². The molecule has 0 aliphatic heterocycles. The molecule has 1 saturated carbocycles. The average Bonchev–Trinajstić information content (AvgIpc) is 2.87. The van der Waals surface area contributed by atoms with Gasteiger partial charge in [-0.15, -0.1) is 0 Å². The van der Waals surface area contributed by atoms with E-state index in [0.29, 0.717) is 11.5 Å². The number of phenols is 2. The molecule has 2 aromatic rings. The monoisotopic (exact) mass is 714 g/mol. The maximum absolute atomic E-state index is 10.7. The Morgan fingerprint density at radius 1 is 0.722 bits per heavy atom. The predicted molar refractivity (Wildman–Crippen MR) is 171 cm³/mol. The van der Waals surface area contributed by atoms with Crippen LogP contribution in [0.3, 0.4) is 0 Å². The Balaban J connectivity index is 1.76. The Hall–Kier alpha value is -1.16. The number of alkyl halides is 2. The molecular weight excluding hydrogens is 674 g/mol. The number of aryl methyl sites for hydroxylation is 4. The summed E-state index contributed by atoms with van der Waals surface area (Å²) in [5.41, 5.74) is 5.95. The van der Waals surface area contributed by atoms with E-state index in [1.807, 2.05) is 26.3 Å². The predicted octanol–water partition coefficient (Wildman–Crippen LogP) is 8.08. The van der Waals surface area contributed by atoms with Crippen LogP contribution in [0, 0.1) is 13.8 Å². The summed E-state index contributed by atoms with van der Waals surface area (Å²) >= 11 is 4.85. The number of halogens is 2. The molecule has 2 unspecified atom stereocenters. The van der Waals surface area contributed by atoms with E-state index in [9.17, 15) is 10.2 Å². The fourth-order valence-electron chi connectivity index (χ4n) is 4.89. The van der Waals surface area contributed by atoms with Gasteiger partial charge in [0, 0.05) is 23.6 Å². The van der Waals surface area contributed by atoms with Crippen molar-refractivity contribution in [3.05, 3.63) is 57.6 Å². The van der Waals surface area contributed by atoms with E-state index in [1.54, 1.807) is 0 Å². The van der Waals surface area contributed by atoms with Gasteiger partial charge < -0.3 is 10.2 Å². The summed E-state index contributed by atoms with van der Waals surface area (Å²) in [4.78, 5) is 9.86. The van der Waals surface area contributed by atoms with Gasteiger partial charge in [-0.25, -0.2) is 0 Å². The third-order valence-electron chi connectivity index (χ3n) is 6.98. The summed E-state index contributed by atoms with van der Waals surface area (Å²) in [7, 11) is 0. The highest BCUT2D eigenvalue weighted by molar-refractivity contribution is 14.1. The van der Waals surface area contributed by atoms with Crippen LogP contribution in [0.1, 0.15) is 84.7 Å². The van der Waals surface area contributed by atoms with E-state index in [-0.39, 0.29) is 12.1 Å². The molecule has 0 amide bonds. The zero-order valence-electron chi connectivity index (χ0n) is 21.6. The molecule has 0 saturated heterocycles. The zero-order valence-corrected chi connectivity index (χ0v) is 26.0. The summed E-state index contributed by atoms with van der Waals surface area (Å²) in [5, 5.41) is 21.3. The molecule has 196 valence electrons. The van der Waals surface area contributed by atoms with Crippen molar-refractivity contribution >= 4 is 57.6 Å². The molecule has 4 nitrogen and oxygen atoms in total. The molecule has 1 aliphatic rings. The highest BCUT2D eigenvalue weighted by Gasteiger charge is 2.23. The number of nitrogens with zero attached hydrogens (tertiary/aromatic N) is 2. The minimum absolute atomic E-state index is 0.0902. The highest BCUT2D eigenvalue weighted by atomic mass is 127. The van der Waals surface area contributed by atoms with Crippen molar-refractivity contribution in [1.82, 2.24) is 0 Å². The van der Waals surface area contributed by atoms with Crippen LogP contribution < -0.4 is 0 Å². The minimum atomic E-state index is 0.0902. The molecule has 0 spiro atoms. The Morgan fingerprint density at radius 3 is 1.53 bits per heavy atom. The van der Waals surface area contributed by atoms with Crippen LogP contribution in [-0.2, 0) is 12.8 Å². The third-order valence-corrected chi connectivity index (χ3v) is 8.51. The molecule has 0 bridgehead atoms. The lowest BCUT2D eigenvalue weighted by Gasteiger charge is -2.25. The summed E-state index contributed by atoms with van der Waals surface area (Å²) in [6.07, 6.45) is 14.8. The van der Waals surface area contributed by atoms with Crippen molar-refractivity contribution in [2.45, 2.75) is 90.1 Å². The standard InChI is InChI=1S/C30H40I2N2O2/c1-21-15-23(9-5-7-13-31)17-25(29(21)35)19-33-27-11-3-4-12-28(27)34-20-26-18-24(10-6-8-14-32)16-22(2)30(26)36/h15-20,27-28,35-36H,3-14H2,1-2H3. The highest BCUT2D eigenvalue weighted by Crippen LogP contribution is 2.28. The quantitative estimate of drug-likeness (QED) is 0.101. The number of phenolic OH excluding ortho intramolecular Hbond substituents is 2. The van der Waals surface area contributed by atoms with Gasteiger partial charge in [0.05, 0.1) is 12.1 Å². The van der Waals surface area contributed by atoms with Crippen molar-refractivity contribution in [3.8, 4) is 11.5 Å². The molecule has 2 N–H and O–H groups in total.